The van der Waals surface area contributed by atoms with Crippen molar-refractivity contribution in [2.24, 2.45) is 5.41 Å². The Morgan fingerprint density at radius 2 is 2.06 bits per heavy atom. The van der Waals surface area contributed by atoms with Gasteiger partial charge < -0.3 is 15.0 Å². The Morgan fingerprint density at radius 3 is 2.59 bits per heavy atom. The highest BCUT2D eigenvalue weighted by atomic mass is 16.5. The summed E-state index contributed by atoms with van der Waals surface area (Å²) in [7, 11) is 0. The molecule has 0 aromatic carbocycles. The second-order valence-electron chi connectivity index (χ2n) is 6.43. The van der Waals surface area contributed by atoms with E-state index in [9.17, 15) is 4.79 Å². The van der Waals surface area contributed by atoms with E-state index in [0.29, 0.717) is 0 Å². The minimum atomic E-state index is -0.124. The van der Waals surface area contributed by atoms with Crippen molar-refractivity contribution in [3.63, 3.8) is 0 Å². The van der Waals surface area contributed by atoms with Crippen LogP contribution >= 0.6 is 0 Å². The number of ether oxygens (including phenoxy) is 1. The lowest BCUT2D eigenvalue weighted by molar-refractivity contribution is -0.148. The van der Waals surface area contributed by atoms with E-state index in [1.165, 1.54) is 6.42 Å². The lowest BCUT2D eigenvalue weighted by atomic mass is 9.84. The highest BCUT2D eigenvalue weighted by Gasteiger charge is 2.34. The molecule has 1 N–H and O–H groups in total. The molecule has 0 aliphatic carbocycles. The third kappa shape index (κ3) is 3.19. The predicted molar refractivity (Wildman–Crippen MR) is 66.8 cm³/mol. The maximum Gasteiger partial charge on any atom is 0.248 e. The molecule has 0 radical (unpaired) electrons. The maximum atomic E-state index is 12.1. The van der Waals surface area contributed by atoms with Crippen molar-refractivity contribution < 1.29 is 9.53 Å². The molecule has 98 valence electrons. The molecular formula is C13H24N2O2. The lowest BCUT2D eigenvalue weighted by Crippen LogP contribution is -2.60. The van der Waals surface area contributed by atoms with Gasteiger partial charge in [-0.2, -0.15) is 0 Å². The summed E-state index contributed by atoms with van der Waals surface area (Å²) in [4.78, 5) is 14.0. The lowest BCUT2D eigenvalue weighted by Gasteiger charge is -2.41. The molecule has 0 spiro atoms. The van der Waals surface area contributed by atoms with E-state index in [0.717, 1.165) is 32.6 Å². The number of amides is 1. The zero-order valence-electron chi connectivity index (χ0n) is 11.2. The van der Waals surface area contributed by atoms with Crippen LogP contribution in [0.2, 0.25) is 0 Å². The van der Waals surface area contributed by atoms with E-state index in [2.05, 4.69) is 26.1 Å². The number of carbonyl (C=O) groups excluding carboxylic acids is 1. The van der Waals surface area contributed by atoms with Crippen molar-refractivity contribution in [3.8, 4) is 0 Å². The molecule has 17 heavy (non-hydrogen) atoms. The van der Waals surface area contributed by atoms with Crippen molar-refractivity contribution in [2.45, 2.75) is 39.2 Å². The SMILES string of the molecule is CC1(C)CCCN(C(=O)COC2(C)CNC2)C1. The molecule has 0 atom stereocenters. The molecule has 0 saturated carbocycles. The first-order valence-electron chi connectivity index (χ1n) is 6.53. The Balaban J connectivity index is 1.79. The van der Waals surface area contributed by atoms with Crippen LogP contribution in [0.5, 0.6) is 0 Å². The second kappa shape index (κ2) is 4.58. The van der Waals surface area contributed by atoms with E-state index in [1.54, 1.807) is 0 Å². The van der Waals surface area contributed by atoms with Crippen molar-refractivity contribution in [3.05, 3.63) is 0 Å². The summed E-state index contributed by atoms with van der Waals surface area (Å²) in [6.07, 6.45) is 2.32. The normalized spacial score (nSPS) is 26.4. The van der Waals surface area contributed by atoms with Crippen LogP contribution < -0.4 is 5.32 Å². The Labute approximate surface area is 104 Å². The van der Waals surface area contributed by atoms with Crippen LogP contribution in [-0.4, -0.2) is 49.2 Å². The fourth-order valence-electron chi connectivity index (χ4n) is 2.54. The molecule has 4 heteroatoms. The smallest absolute Gasteiger partial charge is 0.248 e. The van der Waals surface area contributed by atoms with Gasteiger partial charge in [-0.05, 0) is 25.2 Å². The van der Waals surface area contributed by atoms with Crippen LogP contribution in [0.4, 0.5) is 0 Å². The van der Waals surface area contributed by atoms with Gasteiger partial charge in [0.15, 0.2) is 0 Å². The summed E-state index contributed by atoms with van der Waals surface area (Å²) >= 11 is 0. The summed E-state index contributed by atoms with van der Waals surface area (Å²) in [5.41, 5.74) is 0.136. The largest absolute Gasteiger partial charge is 0.363 e. The van der Waals surface area contributed by atoms with Crippen LogP contribution in [-0.2, 0) is 9.53 Å². The van der Waals surface area contributed by atoms with Crippen molar-refractivity contribution in [1.82, 2.24) is 10.2 Å². The highest BCUT2D eigenvalue weighted by Crippen LogP contribution is 2.28. The van der Waals surface area contributed by atoms with Crippen molar-refractivity contribution in [2.75, 3.05) is 32.8 Å². The van der Waals surface area contributed by atoms with Gasteiger partial charge in [0.25, 0.3) is 0 Å². The molecule has 4 nitrogen and oxygen atoms in total. The standard InChI is InChI=1S/C13H24N2O2/c1-12(2)5-4-6-15(10-12)11(16)7-17-13(3)8-14-9-13/h14H,4-10H2,1-3H3. The number of nitrogens with one attached hydrogen (secondary N) is 1. The minimum Gasteiger partial charge on any atom is -0.363 e. The Morgan fingerprint density at radius 1 is 1.35 bits per heavy atom. The molecule has 2 aliphatic heterocycles. The monoisotopic (exact) mass is 240 g/mol. The van der Waals surface area contributed by atoms with Crippen LogP contribution in [0.25, 0.3) is 0 Å². The van der Waals surface area contributed by atoms with Gasteiger partial charge >= 0.3 is 0 Å². The van der Waals surface area contributed by atoms with Crippen LogP contribution in [0.15, 0.2) is 0 Å². The number of carbonyl (C=O) groups is 1. The van der Waals surface area contributed by atoms with Gasteiger partial charge in [-0.25, -0.2) is 0 Å². The zero-order valence-corrected chi connectivity index (χ0v) is 11.2. The van der Waals surface area contributed by atoms with E-state index < -0.39 is 0 Å². The van der Waals surface area contributed by atoms with Gasteiger partial charge in [-0.1, -0.05) is 13.8 Å². The molecule has 0 aromatic heterocycles. The number of hydrogen-bond donors (Lipinski definition) is 1. The summed E-state index contributed by atoms with van der Waals surface area (Å²) in [5.74, 6) is 0.144. The van der Waals surface area contributed by atoms with E-state index in [4.69, 9.17) is 4.74 Å². The molecule has 2 aliphatic rings. The Hall–Kier alpha value is -0.610. The van der Waals surface area contributed by atoms with Gasteiger partial charge in [0.1, 0.15) is 6.61 Å². The molecule has 2 fully saturated rings. The fraction of sp³-hybridized carbons (Fsp3) is 0.923. The van der Waals surface area contributed by atoms with Gasteiger partial charge in [-0.15, -0.1) is 0 Å². The van der Waals surface area contributed by atoms with Gasteiger partial charge in [0, 0.05) is 26.2 Å². The molecule has 2 saturated heterocycles. The maximum absolute atomic E-state index is 12.1. The number of piperidine rings is 1. The second-order valence-corrected chi connectivity index (χ2v) is 6.43. The molecule has 2 rings (SSSR count). The number of hydrogen-bond acceptors (Lipinski definition) is 3. The van der Waals surface area contributed by atoms with Crippen molar-refractivity contribution in [1.29, 1.82) is 0 Å². The number of rotatable bonds is 3. The topological polar surface area (TPSA) is 41.6 Å². The molecule has 0 bridgehead atoms. The quantitative estimate of drug-likeness (QED) is 0.800. The first kappa shape index (κ1) is 12.8. The first-order valence-corrected chi connectivity index (χ1v) is 6.53. The summed E-state index contributed by atoms with van der Waals surface area (Å²) in [5, 5.41) is 3.17. The van der Waals surface area contributed by atoms with E-state index >= 15 is 0 Å². The van der Waals surface area contributed by atoms with Crippen LogP contribution in [0.1, 0.15) is 33.6 Å². The van der Waals surface area contributed by atoms with Crippen LogP contribution in [0, 0.1) is 5.41 Å². The molecule has 1 amide bonds. The summed E-state index contributed by atoms with van der Waals surface area (Å²) in [6, 6.07) is 0. The molecule has 0 aromatic rings. The zero-order chi connectivity index (χ0) is 12.5. The number of nitrogens with zero attached hydrogens (tertiary/aromatic N) is 1. The molecule has 0 unspecified atom stereocenters. The Bertz CT molecular complexity index is 298. The Kier molecular flexibility index (Phi) is 3.46. The third-order valence-corrected chi connectivity index (χ3v) is 3.80. The number of likely N-dealkylation sites (tertiary alicyclic amines) is 1. The van der Waals surface area contributed by atoms with Gasteiger partial charge in [-0.3, -0.25) is 4.79 Å². The van der Waals surface area contributed by atoms with Gasteiger partial charge in [0.2, 0.25) is 5.91 Å². The van der Waals surface area contributed by atoms with E-state index in [1.807, 2.05) is 4.90 Å². The average Bonchev–Trinajstić information content (AvgIpc) is 2.22. The molecular weight excluding hydrogens is 216 g/mol. The third-order valence-electron chi connectivity index (χ3n) is 3.80. The van der Waals surface area contributed by atoms with Crippen LogP contribution in [0.3, 0.4) is 0 Å². The van der Waals surface area contributed by atoms with E-state index in [-0.39, 0.29) is 23.5 Å². The first-order chi connectivity index (χ1) is 7.90. The fourth-order valence-corrected chi connectivity index (χ4v) is 2.54. The minimum absolute atomic E-state index is 0.124. The van der Waals surface area contributed by atoms with Gasteiger partial charge in [0.05, 0.1) is 5.60 Å². The highest BCUT2D eigenvalue weighted by molar-refractivity contribution is 5.77. The van der Waals surface area contributed by atoms with Crippen molar-refractivity contribution >= 4 is 5.91 Å². The average molecular weight is 240 g/mol. The predicted octanol–water partition coefficient (Wildman–Crippen LogP) is 1.01. The molecule has 2 heterocycles. The summed E-state index contributed by atoms with van der Waals surface area (Å²) < 4.78 is 5.69. The summed E-state index contributed by atoms with van der Waals surface area (Å²) in [6.45, 7) is 10.2.